The number of piperidine rings is 1. The van der Waals surface area contributed by atoms with Gasteiger partial charge in [-0.15, -0.1) is 0 Å². The van der Waals surface area contributed by atoms with E-state index in [1.807, 2.05) is 13.0 Å². The monoisotopic (exact) mass is 519 g/mol. The molecule has 7 nitrogen and oxygen atoms in total. The lowest BCUT2D eigenvalue weighted by molar-refractivity contribution is -0.132. The second-order valence-electron chi connectivity index (χ2n) is 10.7. The van der Waals surface area contributed by atoms with Crippen molar-refractivity contribution in [3.8, 4) is 0 Å². The Hall–Kier alpha value is -3.07. The molecule has 1 amide bonds. The minimum absolute atomic E-state index is 0.0143. The summed E-state index contributed by atoms with van der Waals surface area (Å²) >= 11 is 0. The number of ether oxygens (including phenoxy) is 1. The zero-order valence-corrected chi connectivity index (χ0v) is 22.3. The molecule has 4 heterocycles. The number of hydrogen-bond acceptors (Lipinski definition) is 6. The number of likely N-dealkylation sites (tertiary alicyclic amines) is 2. The third-order valence-electron chi connectivity index (χ3n) is 8.15. The lowest BCUT2D eigenvalue weighted by Crippen LogP contribution is -2.54. The van der Waals surface area contributed by atoms with Crippen LogP contribution >= 0.6 is 0 Å². The Morgan fingerprint density at radius 1 is 1.18 bits per heavy atom. The molecule has 202 valence electrons. The third kappa shape index (κ3) is 5.25. The second-order valence-corrected chi connectivity index (χ2v) is 10.7. The highest BCUT2D eigenvalue weighted by Crippen LogP contribution is 2.45. The molecule has 2 N–H and O–H groups in total. The van der Waals surface area contributed by atoms with E-state index in [0.29, 0.717) is 30.6 Å². The normalized spacial score (nSPS) is 25.8. The van der Waals surface area contributed by atoms with Crippen molar-refractivity contribution in [2.24, 2.45) is 5.41 Å². The number of benzene rings is 1. The number of pyridine rings is 1. The van der Waals surface area contributed by atoms with Crippen LogP contribution in [0.25, 0.3) is 0 Å². The van der Waals surface area contributed by atoms with Crippen LogP contribution in [-0.4, -0.2) is 66.6 Å². The van der Waals surface area contributed by atoms with Crippen molar-refractivity contribution in [3.05, 3.63) is 89.7 Å². The molecule has 2 aromatic rings. The lowest BCUT2D eigenvalue weighted by Gasteiger charge is -2.44. The number of rotatable bonds is 8. The van der Waals surface area contributed by atoms with Gasteiger partial charge in [0.1, 0.15) is 0 Å². The zero-order chi connectivity index (χ0) is 26.6. The Morgan fingerprint density at radius 3 is 2.61 bits per heavy atom. The SMILES string of the molecule is CCOC1(c2cccnc2)NC=C(C2(C(=O)N[C@H]3CCN(C)C3)CCN(Cc3ccccc3)CC2)C=C1F. The molecule has 8 heteroatoms. The van der Waals surface area contributed by atoms with E-state index in [0.717, 1.165) is 39.1 Å². The molecule has 0 bridgehead atoms. The van der Waals surface area contributed by atoms with Crippen molar-refractivity contribution in [1.82, 2.24) is 25.4 Å². The van der Waals surface area contributed by atoms with Crippen molar-refractivity contribution in [2.75, 3.05) is 39.8 Å². The van der Waals surface area contributed by atoms with Gasteiger partial charge in [-0.25, -0.2) is 4.39 Å². The van der Waals surface area contributed by atoms with Gasteiger partial charge in [-0.1, -0.05) is 36.4 Å². The first-order valence-corrected chi connectivity index (χ1v) is 13.6. The van der Waals surface area contributed by atoms with Gasteiger partial charge in [0, 0.05) is 49.9 Å². The van der Waals surface area contributed by atoms with E-state index in [1.54, 1.807) is 30.7 Å². The standard InChI is InChI=1S/C30H38FN5O2/c1-3-38-30(24-10-7-14-32-19-24)27(31)18-25(20-33-30)29(28(37)34-26-11-15-35(2)22-26)12-16-36(17-13-29)21-23-8-5-4-6-9-23/h4-10,14,18-20,26,33H,3,11-13,15-17,21-22H2,1-2H3,(H,34,37)/t26-,30?/m0/s1. The highest BCUT2D eigenvalue weighted by molar-refractivity contribution is 5.87. The van der Waals surface area contributed by atoms with Gasteiger partial charge in [0.15, 0.2) is 5.83 Å². The smallest absolute Gasteiger partial charge is 0.231 e. The average molecular weight is 520 g/mol. The summed E-state index contributed by atoms with van der Waals surface area (Å²) < 4.78 is 22.0. The van der Waals surface area contributed by atoms with Crippen molar-refractivity contribution in [3.63, 3.8) is 0 Å². The predicted molar refractivity (Wildman–Crippen MR) is 145 cm³/mol. The molecule has 1 unspecified atom stereocenters. The van der Waals surface area contributed by atoms with Crippen molar-refractivity contribution in [2.45, 2.75) is 44.5 Å². The number of hydrogen-bond donors (Lipinski definition) is 2. The van der Waals surface area contributed by atoms with Gasteiger partial charge in [0.05, 0.1) is 5.41 Å². The van der Waals surface area contributed by atoms with Crippen LogP contribution < -0.4 is 10.6 Å². The third-order valence-corrected chi connectivity index (χ3v) is 8.15. The molecule has 0 saturated carbocycles. The van der Waals surface area contributed by atoms with E-state index in [9.17, 15) is 4.79 Å². The summed E-state index contributed by atoms with van der Waals surface area (Å²) in [6.07, 6.45) is 8.72. The number of amides is 1. The summed E-state index contributed by atoms with van der Waals surface area (Å²) in [5.74, 6) is -0.483. The first kappa shape index (κ1) is 26.5. The highest BCUT2D eigenvalue weighted by Gasteiger charge is 2.48. The fourth-order valence-corrected chi connectivity index (χ4v) is 5.96. The van der Waals surface area contributed by atoms with E-state index in [2.05, 4.69) is 56.7 Å². The maximum atomic E-state index is 16.1. The van der Waals surface area contributed by atoms with Crippen LogP contribution in [-0.2, 0) is 21.8 Å². The summed E-state index contributed by atoms with van der Waals surface area (Å²) in [6, 6.07) is 14.0. The molecule has 5 rings (SSSR count). The molecule has 3 aliphatic heterocycles. The summed E-state index contributed by atoms with van der Waals surface area (Å²) in [6.45, 7) is 6.27. The molecular weight excluding hydrogens is 481 g/mol. The van der Waals surface area contributed by atoms with Gasteiger partial charge in [-0.3, -0.25) is 14.7 Å². The molecule has 1 aromatic heterocycles. The molecule has 2 saturated heterocycles. The van der Waals surface area contributed by atoms with E-state index >= 15 is 4.39 Å². The highest BCUT2D eigenvalue weighted by atomic mass is 19.1. The number of allylic oxidation sites excluding steroid dienone is 1. The topological polar surface area (TPSA) is 69.7 Å². The summed E-state index contributed by atoms with van der Waals surface area (Å²) in [7, 11) is 2.07. The average Bonchev–Trinajstić information content (AvgIpc) is 3.35. The molecule has 1 aromatic carbocycles. The van der Waals surface area contributed by atoms with Gasteiger partial charge >= 0.3 is 0 Å². The minimum atomic E-state index is -1.45. The maximum Gasteiger partial charge on any atom is 0.231 e. The van der Waals surface area contributed by atoms with Crippen LogP contribution in [0, 0.1) is 5.41 Å². The van der Waals surface area contributed by atoms with Crippen LogP contribution in [0.3, 0.4) is 0 Å². The van der Waals surface area contributed by atoms with E-state index in [1.165, 1.54) is 11.6 Å². The van der Waals surface area contributed by atoms with Gasteiger partial charge in [0.25, 0.3) is 0 Å². The number of halogens is 1. The zero-order valence-electron chi connectivity index (χ0n) is 22.3. The molecule has 2 atom stereocenters. The molecule has 38 heavy (non-hydrogen) atoms. The quantitative estimate of drug-likeness (QED) is 0.554. The van der Waals surface area contributed by atoms with Gasteiger partial charge in [-0.2, -0.15) is 0 Å². The fourth-order valence-electron chi connectivity index (χ4n) is 5.96. The maximum absolute atomic E-state index is 16.1. The Balaban J connectivity index is 1.41. The van der Waals surface area contributed by atoms with E-state index < -0.39 is 17.0 Å². The molecule has 2 fully saturated rings. The second kappa shape index (κ2) is 11.4. The van der Waals surface area contributed by atoms with Gasteiger partial charge < -0.3 is 20.3 Å². The minimum Gasteiger partial charge on any atom is -0.354 e. The number of aromatic nitrogens is 1. The molecule has 0 radical (unpaired) electrons. The molecule has 0 spiro atoms. The van der Waals surface area contributed by atoms with Crippen LogP contribution in [0.5, 0.6) is 0 Å². The number of carbonyl (C=O) groups is 1. The Labute approximate surface area is 224 Å². The lowest BCUT2D eigenvalue weighted by atomic mass is 9.70. The largest absolute Gasteiger partial charge is 0.354 e. The Bertz CT molecular complexity index is 1160. The van der Waals surface area contributed by atoms with Crippen LogP contribution in [0.4, 0.5) is 4.39 Å². The van der Waals surface area contributed by atoms with Gasteiger partial charge in [-0.05, 0) is 76.1 Å². The van der Waals surface area contributed by atoms with Gasteiger partial charge in [0.2, 0.25) is 11.6 Å². The van der Waals surface area contributed by atoms with Crippen molar-refractivity contribution < 1.29 is 13.9 Å². The van der Waals surface area contributed by atoms with E-state index in [-0.39, 0.29) is 11.9 Å². The van der Waals surface area contributed by atoms with Crippen LogP contribution in [0.2, 0.25) is 0 Å². The Kier molecular flexibility index (Phi) is 7.93. The van der Waals surface area contributed by atoms with Crippen molar-refractivity contribution >= 4 is 5.91 Å². The fraction of sp³-hybridized carbons (Fsp3) is 0.467. The number of nitrogens with zero attached hydrogens (tertiary/aromatic N) is 3. The molecule has 0 aliphatic carbocycles. The summed E-state index contributed by atoms with van der Waals surface area (Å²) in [4.78, 5) is 22.8. The first-order valence-electron chi connectivity index (χ1n) is 13.6. The van der Waals surface area contributed by atoms with Crippen LogP contribution in [0.15, 0.2) is 78.5 Å². The number of likely N-dealkylation sites (N-methyl/N-ethyl adjacent to an activating group) is 1. The summed E-state index contributed by atoms with van der Waals surface area (Å²) in [5, 5.41) is 6.52. The molecule has 3 aliphatic rings. The number of dihydropyridines is 1. The molecular formula is C30H38FN5O2. The van der Waals surface area contributed by atoms with Crippen molar-refractivity contribution in [1.29, 1.82) is 0 Å². The number of nitrogens with one attached hydrogen (secondary N) is 2. The Morgan fingerprint density at radius 2 is 1.97 bits per heavy atom. The number of carbonyl (C=O) groups excluding carboxylic acids is 1. The first-order chi connectivity index (χ1) is 18.4. The van der Waals surface area contributed by atoms with E-state index in [4.69, 9.17) is 4.74 Å². The summed E-state index contributed by atoms with van der Waals surface area (Å²) in [5.41, 5.74) is 0.215. The van der Waals surface area contributed by atoms with Crippen LogP contribution in [0.1, 0.15) is 37.3 Å². The predicted octanol–water partition coefficient (Wildman–Crippen LogP) is 3.71.